The standard InChI is InChI=1S/C13H15N3O3.C8H8ClN3O2/c1-7(2)13(3)12(19)15-10(16-13)9-8(11(17)18)5-4-6-14-9;9-4-5(8(13)14)11-7(3-1-2-3)12-6(4)10/h4-7H,1-3H3,(H,17,18)(H,15,16,19);3H,1-2H2,(H,13,14)(H2,10,11,12). The molecule has 1 saturated carbocycles. The van der Waals surface area contributed by atoms with Gasteiger partial charge in [0.25, 0.3) is 5.91 Å². The molecule has 1 aliphatic heterocycles. The van der Waals surface area contributed by atoms with E-state index in [1.54, 1.807) is 6.92 Å². The number of carbonyl (C=O) groups excluding carboxylic acids is 1. The highest BCUT2D eigenvalue weighted by Crippen LogP contribution is 2.39. The molecule has 1 fully saturated rings. The van der Waals surface area contributed by atoms with Crippen LogP contribution in [-0.4, -0.2) is 54.4 Å². The topological polar surface area (TPSA) is 181 Å². The summed E-state index contributed by atoms with van der Waals surface area (Å²) in [4.78, 5) is 50.1. The van der Waals surface area contributed by atoms with Gasteiger partial charge in [-0.1, -0.05) is 25.4 Å². The van der Waals surface area contributed by atoms with Crippen molar-refractivity contribution in [3.63, 3.8) is 0 Å². The predicted molar refractivity (Wildman–Crippen MR) is 120 cm³/mol. The largest absolute Gasteiger partial charge is 0.478 e. The maximum atomic E-state index is 12.0. The second-order valence-electron chi connectivity index (χ2n) is 8.13. The van der Waals surface area contributed by atoms with Gasteiger partial charge in [-0.2, -0.15) is 0 Å². The summed E-state index contributed by atoms with van der Waals surface area (Å²) in [6.07, 6.45) is 3.45. The highest BCUT2D eigenvalue weighted by atomic mass is 35.5. The number of aromatic nitrogens is 3. The van der Waals surface area contributed by atoms with Crippen molar-refractivity contribution in [1.29, 1.82) is 0 Å². The zero-order valence-corrected chi connectivity index (χ0v) is 18.9. The van der Waals surface area contributed by atoms with E-state index in [2.05, 4.69) is 25.3 Å². The first-order valence-corrected chi connectivity index (χ1v) is 10.5. The van der Waals surface area contributed by atoms with Crippen molar-refractivity contribution in [3.05, 3.63) is 46.1 Å². The number of hydrogen-bond donors (Lipinski definition) is 4. The Bertz CT molecular complexity index is 1160. The number of nitrogens with two attached hydrogens (primary N) is 1. The van der Waals surface area contributed by atoms with Gasteiger partial charge in [-0.3, -0.25) is 9.78 Å². The molecule has 1 aliphatic carbocycles. The molecule has 2 aliphatic rings. The van der Waals surface area contributed by atoms with Crippen molar-refractivity contribution in [1.82, 2.24) is 20.3 Å². The maximum absolute atomic E-state index is 12.0. The lowest BCUT2D eigenvalue weighted by molar-refractivity contribution is -0.124. The van der Waals surface area contributed by atoms with Crippen LogP contribution in [0.1, 0.15) is 71.9 Å². The number of carboxylic acid groups (broad SMARTS) is 2. The fraction of sp³-hybridized carbons (Fsp3) is 0.381. The van der Waals surface area contributed by atoms with Crippen LogP contribution in [0.15, 0.2) is 23.3 Å². The van der Waals surface area contributed by atoms with Gasteiger partial charge in [0.05, 0.1) is 5.56 Å². The molecule has 0 spiro atoms. The fourth-order valence-corrected chi connectivity index (χ4v) is 3.13. The van der Waals surface area contributed by atoms with Crippen LogP contribution in [0.3, 0.4) is 0 Å². The molecule has 2 aromatic rings. The van der Waals surface area contributed by atoms with Crippen LogP contribution in [0.4, 0.5) is 5.82 Å². The van der Waals surface area contributed by atoms with E-state index in [0.29, 0.717) is 5.82 Å². The number of amidine groups is 1. The molecule has 1 atom stereocenters. The third-order valence-corrected chi connectivity index (χ3v) is 5.83. The molecule has 4 rings (SSSR count). The van der Waals surface area contributed by atoms with Crippen molar-refractivity contribution in [2.45, 2.75) is 45.1 Å². The van der Waals surface area contributed by atoms with E-state index in [0.717, 1.165) is 12.8 Å². The minimum atomic E-state index is -1.17. The number of anilines is 1. The Kier molecular flexibility index (Phi) is 6.63. The van der Waals surface area contributed by atoms with Gasteiger partial charge in [0.15, 0.2) is 11.5 Å². The van der Waals surface area contributed by atoms with Gasteiger partial charge in [-0.05, 0) is 37.8 Å². The average Bonchev–Trinajstić information content (AvgIpc) is 3.55. The summed E-state index contributed by atoms with van der Waals surface area (Å²) in [5.74, 6) is -1.50. The van der Waals surface area contributed by atoms with Crippen LogP contribution in [0.25, 0.3) is 0 Å². The Morgan fingerprint density at radius 1 is 1.24 bits per heavy atom. The molecule has 0 saturated heterocycles. The number of halogens is 1. The summed E-state index contributed by atoms with van der Waals surface area (Å²) in [6, 6.07) is 2.97. The number of hydrogen-bond acceptors (Lipinski definition) is 8. The molecule has 2 aromatic heterocycles. The Morgan fingerprint density at radius 2 is 1.91 bits per heavy atom. The number of amides is 1. The molecule has 1 amide bonds. The summed E-state index contributed by atoms with van der Waals surface area (Å²) in [7, 11) is 0. The smallest absolute Gasteiger partial charge is 0.356 e. The van der Waals surface area contributed by atoms with Crippen LogP contribution < -0.4 is 11.1 Å². The van der Waals surface area contributed by atoms with E-state index in [1.807, 2.05) is 13.8 Å². The van der Waals surface area contributed by atoms with E-state index < -0.39 is 17.5 Å². The third-order valence-electron chi connectivity index (χ3n) is 5.46. The summed E-state index contributed by atoms with van der Waals surface area (Å²) in [5, 5.41) is 20.5. The van der Waals surface area contributed by atoms with Crippen molar-refractivity contribution in [2.75, 3.05) is 5.73 Å². The van der Waals surface area contributed by atoms with E-state index in [4.69, 9.17) is 27.5 Å². The molecule has 11 nitrogen and oxygen atoms in total. The summed E-state index contributed by atoms with van der Waals surface area (Å²) >= 11 is 5.65. The van der Waals surface area contributed by atoms with E-state index in [1.165, 1.54) is 18.3 Å². The average molecular weight is 475 g/mol. The first-order valence-electron chi connectivity index (χ1n) is 10.1. The van der Waals surface area contributed by atoms with Crippen molar-refractivity contribution < 1.29 is 24.6 Å². The quantitative estimate of drug-likeness (QED) is 0.505. The number of pyridine rings is 1. The normalized spacial score (nSPS) is 19.4. The molecule has 0 bridgehead atoms. The van der Waals surface area contributed by atoms with Gasteiger partial charge in [0, 0.05) is 12.1 Å². The van der Waals surface area contributed by atoms with Gasteiger partial charge >= 0.3 is 11.9 Å². The van der Waals surface area contributed by atoms with Crippen LogP contribution in [0.5, 0.6) is 0 Å². The minimum Gasteiger partial charge on any atom is -0.478 e. The molecule has 3 heterocycles. The predicted octanol–water partition coefficient (Wildman–Crippen LogP) is 2.36. The third kappa shape index (κ3) is 4.92. The molecule has 12 heteroatoms. The molecule has 5 N–H and O–H groups in total. The Morgan fingerprint density at radius 3 is 2.42 bits per heavy atom. The van der Waals surface area contributed by atoms with Gasteiger partial charge in [-0.25, -0.2) is 24.5 Å². The zero-order valence-electron chi connectivity index (χ0n) is 18.2. The van der Waals surface area contributed by atoms with E-state index >= 15 is 0 Å². The monoisotopic (exact) mass is 474 g/mol. The molecule has 1 unspecified atom stereocenters. The first kappa shape index (κ1) is 24.1. The molecule has 174 valence electrons. The number of rotatable bonds is 5. The number of aromatic carboxylic acids is 2. The van der Waals surface area contributed by atoms with Crippen LogP contribution >= 0.6 is 11.6 Å². The second-order valence-corrected chi connectivity index (χ2v) is 8.51. The van der Waals surface area contributed by atoms with Crippen LogP contribution in [0, 0.1) is 5.92 Å². The lowest BCUT2D eigenvalue weighted by atomic mass is 9.89. The van der Waals surface area contributed by atoms with Gasteiger partial charge < -0.3 is 21.3 Å². The van der Waals surface area contributed by atoms with Crippen molar-refractivity contribution >= 4 is 41.1 Å². The summed E-state index contributed by atoms with van der Waals surface area (Å²) < 4.78 is 0. The SMILES string of the molecule is CC(C)C1(C)N=C(c2ncccc2C(=O)O)NC1=O.Nc1nc(C2CC2)nc(C(=O)O)c1Cl. The number of nitrogens with zero attached hydrogens (tertiary/aromatic N) is 4. The zero-order chi connectivity index (χ0) is 24.5. The molecular weight excluding hydrogens is 452 g/mol. The van der Waals surface area contributed by atoms with E-state index in [9.17, 15) is 14.4 Å². The number of aliphatic imine (C=N–C) groups is 1. The molecule has 0 aromatic carbocycles. The maximum Gasteiger partial charge on any atom is 0.356 e. The highest BCUT2D eigenvalue weighted by Gasteiger charge is 2.43. The Hall–Kier alpha value is -3.60. The van der Waals surface area contributed by atoms with Crippen LogP contribution in [0.2, 0.25) is 5.02 Å². The second kappa shape index (κ2) is 9.10. The molecule has 0 radical (unpaired) electrons. The number of nitrogen functional groups attached to an aromatic ring is 1. The van der Waals surface area contributed by atoms with Crippen molar-refractivity contribution in [2.24, 2.45) is 10.9 Å². The Balaban J connectivity index is 0.000000194. The first-order chi connectivity index (χ1) is 15.5. The van der Waals surface area contributed by atoms with Gasteiger partial charge in [0.1, 0.15) is 27.9 Å². The number of carbonyl (C=O) groups is 3. The van der Waals surface area contributed by atoms with Crippen molar-refractivity contribution in [3.8, 4) is 0 Å². The highest BCUT2D eigenvalue weighted by molar-refractivity contribution is 6.35. The molecular formula is C21H23ClN6O5. The lowest BCUT2D eigenvalue weighted by Gasteiger charge is -2.21. The molecule has 33 heavy (non-hydrogen) atoms. The van der Waals surface area contributed by atoms with Gasteiger partial charge in [-0.15, -0.1) is 0 Å². The summed E-state index contributed by atoms with van der Waals surface area (Å²) in [5.41, 5.74) is 4.60. The minimum absolute atomic E-state index is 0.00184. The van der Waals surface area contributed by atoms with E-state index in [-0.39, 0.29) is 51.4 Å². The van der Waals surface area contributed by atoms with Gasteiger partial charge in [0.2, 0.25) is 0 Å². The summed E-state index contributed by atoms with van der Waals surface area (Å²) in [6.45, 7) is 5.51. The Labute approximate surface area is 194 Å². The van der Waals surface area contributed by atoms with Crippen LogP contribution in [-0.2, 0) is 4.79 Å². The number of carboxylic acids is 2. The fourth-order valence-electron chi connectivity index (χ4n) is 2.96. The number of nitrogens with one attached hydrogen (secondary N) is 1. The lowest BCUT2D eigenvalue weighted by Crippen LogP contribution is -2.41.